The normalized spacial score (nSPS) is 13.8. The second kappa shape index (κ2) is 6.82. The van der Waals surface area contributed by atoms with E-state index < -0.39 is 17.2 Å². The van der Waals surface area contributed by atoms with E-state index in [9.17, 15) is 18.3 Å². The summed E-state index contributed by atoms with van der Waals surface area (Å²) < 4.78 is 40.7. The fraction of sp³-hybridized carbons (Fsp3) is 0.211. The first-order chi connectivity index (χ1) is 11.9. The van der Waals surface area contributed by atoms with Crippen LogP contribution < -0.4 is 5.32 Å². The lowest BCUT2D eigenvalue weighted by molar-refractivity contribution is 0.0528. The van der Waals surface area contributed by atoms with Gasteiger partial charge in [0.05, 0.1) is 5.52 Å². The molecule has 1 atom stereocenters. The number of rotatable bonds is 5. The molecular formula is C19H17F3N2O. The third-order valence-electron chi connectivity index (χ3n) is 4.10. The van der Waals surface area contributed by atoms with Crippen LogP contribution >= 0.6 is 0 Å². The Hall–Kier alpha value is -2.44. The van der Waals surface area contributed by atoms with Crippen molar-refractivity contribution in [3.63, 3.8) is 0 Å². The number of pyridine rings is 1. The minimum atomic E-state index is -1.53. The Labute approximate surface area is 143 Å². The number of aromatic nitrogens is 1. The maximum absolute atomic E-state index is 13.9. The van der Waals surface area contributed by atoms with E-state index in [-0.39, 0.29) is 17.9 Å². The molecule has 3 aromatic rings. The van der Waals surface area contributed by atoms with E-state index in [0.717, 1.165) is 17.7 Å². The van der Waals surface area contributed by atoms with Crippen LogP contribution in [0.15, 0.2) is 48.7 Å². The molecule has 1 heterocycles. The summed E-state index contributed by atoms with van der Waals surface area (Å²) in [6.07, 6.45) is 1.58. The van der Waals surface area contributed by atoms with Gasteiger partial charge in [-0.15, -0.1) is 0 Å². The van der Waals surface area contributed by atoms with E-state index in [0.29, 0.717) is 17.4 Å². The maximum atomic E-state index is 13.9. The number of benzene rings is 2. The molecule has 0 aliphatic heterocycles. The summed E-state index contributed by atoms with van der Waals surface area (Å²) in [5.74, 6) is -1.86. The molecule has 25 heavy (non-hydrogen) atoms. The van der Waals surface area contributed by atoms with E-state index in [2.05, 4.69) is 10.3 Å². The second-order valence-corrected chi connectivity index (χ2v) is 6.11. The molecule has 6 heteroatoms. The molecule has 0 aliphatic carbocycles. The number of hydrogen-bond acceptors (Lipinski definition) is 3. The van der Waals surface area contributed by atoms with Crippen LogP contribution in [0.25, 0.3) is 10.9 Å². The molecule has 0 saturated carbocycles. The van der Waals surface area contributed by atoms with Crippen LogP contribution in [-0.2, 0) is 12.1 Å². The van der Waals surface area contributed by atoms with Crippen molar-refractivity contribution in [3.8, 4) is 0 Å². The molecule has 0 spiro atoms. The summed E-state index contributed by atoms with van der Waals surface area (Å²) in [6.45, 7) is 1.78. The molecule has 0 fully saturated rings. The summed E-state index contributed by atoms with van der Waals surface area (Å²) in [5, 5.41) is 13.9. The molecule has 3 nitrogen and oxygen atoms in total. The molecule has 0 radical (unpaired) electrons. The van der Waals surface area contributed by atoms with Gasteiger partial charge < -0.3 is 10.4 Å². The van der Waals surface area contributed by atoms with E-state index in [1.165, 1.54) is 19.1 Å². The Bertz CT molecular complexity index is 912. The van der Waals surface area contributed by atoms with Crippen LogP contribution in [0, 0.1) is 17.5 Å². The first kappa shape index (κ1) is 17.4. The Morgan fingerprint density at radius 2 is 1.88 bits per heavy atom. The lowest BCUT2D eigenvalue weighted by atomic mass is 9.95. The van der Waals surface area contributed by atoms with Gasteiger partial charge in [-0.25, -0.2) is 13.2 Å². The lowest BCUT2D eigenvalue weighted by Gasteiger charge is -2.25. The predicted octanol–water partition coefficient (Wildman–Crippen LogP) is 3.65. The Morgan fingerprint density at radius 3 is 2.64 bits per heavy atom. The highest BCUT2D eigenvalue weighted by Crippen LogP contribution is 2.24. The number of fused-ring (bicyclic) bond motifs is 1. The highest BCUT2D eigenvalue weighted by Gasteiger charge is 2.26. The van der Waals surface area contributed by atoms with Crippen molar-refractivity contribution in [1.82, 2.24) is 10.3 Å². The zero-order valence-corrected chi connectivity index (χ0v) is 13.6. The molecule has 1 unspecified atom stereocenters. The van der Waals surface area contributed by atoms with E-state index in [4.69, 9.17) is 0 Å². The van der Waals surface area contributed by atoms with Gasteiger partial charge in [-0.1, -0.05) is 12.1 Å². The van der Waals surface area contributed by atoms with Gasteiger partial charge in [0.1, 0.15) is 23.1 Å². The fourth-order valence-electron chi connectivity index (χ4n) is 2.80. The zero-order chi connectivity index (χ0) is 18.0. The highest BCUT2D eigenvalue weighted by molar-refractivity contribution is 5.82. The largest absolute Gasteiger partial charge is 0.384 e. The minimum Gasteiger partial charge on any atom is -0.384 e. The predicted molar refractivity (Wildman–Crippen MR) is 89.3 cm³/mol. The monoisotopic (exact) mass is 346 g/mol. The van der Waals surface area contributed by atoms with Crippen molar-refractivity contribution in [2.45, 2.75) is 19.1 Å². The molecule has 2 aromatic carbocycles. The van der Waals surface area contributed by atoms with Crippen LogP contribution in [0.4, 0.5) is 13.2 Å². The van der Waals surface area contributed by atoms with Gasteiger partial charge in [0.2, 0.25) is 0 Å². The quantitative estimate of drug-likeness (QED) is 0.741. The maximum Gasteiger partial charge on any atom is 0.132 e. The average Bonchev–Trinajstić information content (AvgIpc) is 2.57. The van der Waals surface area contributed by atoms with Crippen LogP contribution in [0.3, 0.4) is 0 Å². The smallest absolute Gasteiger partial charge is 0.132 e. The van der Waals surface area contributed by atoms with E-state index in [1.54, 1.807) is 24.4 Å². The van der Waals surface area contributed by atoms with Crippen molar-refractivity contribution in [2.75, 3.05) is 6.54 Å². The Balaban J connectivity index is 1.75. The van der Waals surface area contributed by atoms with Crippen LogP contribution in [0.1, 0.15) is 18.1 Å². The summed E-state index contributed by atoms with van der Waals surface area (Å²) in [5.41, 5.74) is -0.236. The highest BCUT2D eigenvalue weighted by atomic mass is 19.1. The van der Waals surface area contributed by atoms with Crippen LogP contribution in [-0.4, -0.2) is 16.6 Å². The molecule has 2 N–H and O–H groups in total. The third kappa shape index (κ3) is 3.65. The number of nitrogens with zero attached hydrogens (tertiary/aromatic N) is 1. The number of nitrogens with one attached hydrogen (secondary N) is 1. The first-order valence-electron chi connectivity index (χ1n) is 7.79. The lowest BCUT2D eigenvalue weighted by Crippen LogP contribution is -2.36. The first-order valence-corrected chi connectivity index (χ1v) is 7.79. The molecule has 0 saturated heterocycles. The third-order valence-corrected chi connectivity index (χ3v) is 4.10. The van der Waals surface area contributed by atoms with Gasteiger partial charge >= 0.3 is 0 Å². The summed E-state index contributed by atoms with van der Waals surface area (Å²) in [6, 6.07) is 9.34. The number of halogens is 3. The van der Waals surface area contributed by atoms with Crippen LogP contribution in [0.2, 0.25) is 0 Å². The van der Waals surface area contributed by atoms with Gasteiger partial charge in [0, 0.05) is 36.3 Å². The molecule has 0 bridgehead atoms. The topological polar surface area (TPSA) is 45.1 Å². The molecule has 0 amide bonds. The zero-order valence-electron chi connectivity index (χ0n) is 13.6. The molecular weight excluding hydrogens is 329 g/mol. The number of hydrogen-bond donors (Lipinski definition) is 2. The summed E-state index contributed by atoms with van der Waals surface area (Å²) in [7, 11) is 0. The van der Waals surface area contributed by atoms with Gasteiger partial charge in [0.15, 0.2) is 0 Å². The Morgan fingerprint density at radius 1 is 1.08 bits per heavy atom. The molecule has 130 valence electrons. The SMILES string of the molecule is CC(O)(CNCc1ccc(F)c2cccnc12)c1ccc(F)cc1F. The molecule has 0 aliphatic rings. The van der Waals surface area contributed by atoms with Gasteiger partial charge in [-0.3, -0.25) is 4.98 Å². The van der Waals surface area contributed by atoms with Crippen molar-refractivity contribution in [1.29, 1.82) is 0 Å². The Kier molecular flexibility index (Phi) is 4.74. The number of aliphatic hydroxyl groups is 1. The second-order valence-electron chi connectivity index (χ2n) is 6.11. The van der Waals surface area contributed by atoms with Gasteiger partial charge in [-0.05, 0) is 36.8 Å². The van der Waals surface area contributed by atoms with Crippen molar-refractivity contribution in [3.05, 3.63) is 77.2 Å². The van der Waals surface area contributed by atoms with Gasteiger partial charge in [-0.2, -0.15) is 0 Å². The summed E-state index contributed by atoms with van der Waals surface area (Å²) in [4.78, 5) is 4.19. The minimum absolute atomic E-state index is 0.00323. The van der Waals surface area contributed by atoms with Gasteiger partial charge in [0.25, 0.3) is 0 Å². The average molecular weight is 346 g/mol. The molecule has 3 rings (SSSR count). The fourth-order valence-corrected chi connectivity index (χ4v) is 2.80. The van der Waals surface area contributed by atoms with Crippen LogP contribution in [0.5, 0.6) is 0 Å². The van der Waals surface area contributed by atoms with Crippen molar-refractivity contribution < 1.29 is 18.3 Å². The van der Waals surface area contributed by atoms with E-state index in [1.807, 2.05) is 0 Å². The van der Waals surface area contributed by atoms with E-state index >= 15 is 0 Å². The standard InChI is InChI=1S/C19H17F3N2O/c1-19(25,15-6-5-13(20)9-17(15)22)11-23-10-12-4-7-16(21)14-3-2-8-24-18(12)14/h2-9,23,25H,10-11H2,1H3. The van der Waals surface area contributed by atoms with Crippen molar-refractivity contribution >= 4 is 10.9 Å². The molecule has 1 aromatic heterocycles. The van der Waals surface area contributed by atoms with Crippen molar-refractivity contribution in [2.24, 2.45) is 0 Å². The summed E-state index contributed by atoms with van der Waals surface area (Å²) >= 11 is 0.